The fourth-order valence-electron chi connectivity index (χ4n) is 2.31. The van der Waals surface area contributed by atoms with Crippen molar-refractivity contribution < 1.29 is 9.53 Å². The van der Waals surface area contributed by atoms with Crippen LogP contribution in [0.4, 0.5) is 0 Å². The van der Waals surface area contributed by atoms with E-state index in [4.69, 9.17) is 4.74 Å². The molecule has 0 aliphatic heterocycles. The number of aromatic amines is 1. The second kappa shape index (κ2) is 8.56. The SMILES string of the molecule is CC(C)CC(C(=O)OCCCn1c(=O)cc[nH]c1=O)C(C)C. The number of rotatable bonds is 8. The smallest absolute Gasteiger partial charge is 0.328 e. The summed E-state index contributed by atoms with van der Waals surface area (Å²) in [4.78, 5) is 37.6. The minimum atomic E-state index is -0.446. The molecule has 0 aliphatic carbocycles. The van der Waals surface area contributed by atoms with Gasteiger partial charge in [0.1, 0.15) is 0 Å². The monoisotopic (exact) mass is 310 g/mol. The maximum atomic E-state index is 12.1. The Morgan fingerprint density at radius 1 is 1.27 bits per heavy atom. The van der Waals surface area contributed by atoms with Crippen molar-refractivity contribution >= 4 is 5.97 Å². The van der Waals surface area contributed by atoms with Gasteiger partial charge in [0.15, 0.2) is 0 Å². The van der Waals surface area contributed by atoms with Gasteiger partial charge in [0.05, 0.1) is 12.5 Å². The third-order valence-corrected chi connectivity index (χ3v) is 3.55. The topological polar surface area (TPSA) is 81.2 Å². The Bertz CT molecular complexity index is 558. The summed E-state index contributed by atoms with van der Waals surface area (Å²) in [6, 6.07) is 1.30. The summed E-state index contributed by atoms with van der Waals surface area (Å²) < 4.78 is 6.40. The number of nitrogens with zero attached hydrogens (tertiary/aromatic N) is 1. The highest BCUT2D eigenvalue weighted by molar-refractivity contribution is 5.72. The average molecular weight is 310 g/mol. The van der Waals surface area contributed by atoms with Crippen LogP contribution in [-0.4, -0.2) is 22.1 Å². The number of hydrogen-bond donors (Lipinski definition) is 1. The molecule has 1 aromatic heterocycles. The molecule has 1 atom stereocenters. The van der Waals surface area contributed by atoms with Crippen molar-refractivity contribution in [1.82, 2.24) is 9.55 Å². The van der Waals surface area contributed by atoms with Crippen LogP contribution in [0.3, 0.4) is 0 Å². The molecule has 1 unspecified atom stereocenters. The van der Waals surface area contributed by atoms with Crippen LogP contribution in [0, 0.1) is 17.8 Å². The standard InChI is InChI=1S/C16H26N2O4/c1-11(2)10-13(12(3)4)15(20)22-9-5-8-18-14(19)6-7-17-16(18)21/h6-7,11-13H,5,8-10H2,1-4H3,(H,17,21). The average Bonchev–Trinajstić information content (AvgIpc) is 2.42. The van der Waals surface area contributed by atoms with Crippen molar-refractivity contribution in [3.05, 3.63) is 33.1 Å². The number of esters is 1. The Balaban J connectivity index is 2.48. The molecule has 6 heteroatoms. The van der Waals surface area contributed by atoms with E-state index in [1.807, 2.05) is 13.8 Å². The second-order valence-electron chi connectivity index (χ2n) is 6.27. The van der Waals surface area contributed by atoms with Crippen LogP contribution in [-0.2, 0) is 16.1 Å². The summed E-state index contributed by atoms with van der Waals surface area (Å²) in [6.45, 7) is 8.63. The molecular formula is C16H26N2O4. The van der Waals surface area contributed by atoms with Gasteiger partial charge in [0.25, 0.3) is 5.56 Å². The predicted octanol–water partition coefficient (Wildman–Crippen LogP) is 1.79. The molecule has 124 valence electrons. The highest BCUT2D eigenvalue weighted by Crippen LogP contribution is 2.21. The lowest BCUT2D eigenvalue weighted by Crippen LogP contribution is -2.34. The van der Waals surface area contributed by atoms with Gasteiger partial charge in [-0.1, -0.05) is 27.7 Å². The summed E-state index contributed by atoms with van der Waals surface area (Å²) in [7, 11) is 0. The van der Waals surface area contributed by atoms with Crippen LogP contribution in [0.1, 0.15) is 40.5 Å². The highest BCUT2D eigenvalue weighted by Gasteiger charge is 2.24. The first kappa shape index (κ1) is 18.2. The lowest BCUT2D eigenvalue weighted by molar-refractivity contribution is -0.151. The Kier molecular flexibility index (Phi) is 7.08. The maximum Gasteiger partial charge on any atom is 0.328 e. The van der Waals surface area contributed by atoms with Crippen LogP contribution in [0.5, 0.6) is 0 Å². The van der Waals surface area contributed by atoms with Gasteiger partial charge in [-0.2, -0.15) is 0 Å². The third-order valence-electron chi connectivity index (χ3n) is 3.55. The molecule has 0 radical (unpaired) electrons. The van der Waals surface area contributed by atoms with Crippen molar-refractivity contribution in [2.24, 2.45) is 17.8 Å². The minimum Gasteiger partial charge on any atom is -0.465 e. The molecular weight excluding hydrogens is 284 g/mol. The molecule has 22 heavy (non-hydrogen) atoms. The van der Waals surface area contributed by atoms with E-state index in [1.54, 1.807) is 0 Å². The van der Waals surface area contributed by atoms with Gasteiger partial charge in [0, 0.05) is 18.8 Å². The molecule has 6 nitrogen and oxygen atoms in total. The fraction of sp³-hybridized carbons (Fsp3) is 0.688. The molecule has 1 heterocycles. The quantitative estimate of drug-likeness (QED) is 0.586. The van der Waals surface area contributed by atoms with E-state index < -0.39 is 5.69 Å². The van der Waals surface area contributed by atoms with Crippen molar-refractivity contribution in [3.8, 4) is 0 Å². The molecule has 1 aromatic rings. The normalized spacial score (nSPS) is 12.6. The van der Waals surface area contributed by atoms with Crippen molar-refractivity contribution in [2.45, 2.75) is 47.1 Å². The number of carbonyl (C=O) groups is 1. The van der Waals surface area contributed by atoms with E-state index in [-0.39, 0.29) is 36.5 Å². The van der Waals surface area contributed by atoms with E-state index in [0.29, 0.717) is 12.3 Å². The second-order valence-corrected chi connectivity index (χ2v) is 6.27. The number of H-pyrrole nitrogens is 1. The number of aromatic nitrogens is 2. The van der Waals surface area contributed by atoms with E-state index in [1.165, 1.54) is 12.3 Å². The van der Waals surface area contributed by atoms with Gasteiger partial charge in [-0.05, 0) is 24.7 Å². The van der Waals surface area contributed by atoms with Crippen LogP contribution < -0.4 is 11.2 Å². The van der Waals surface area contributed by atoms with Gasteiger partial charge in [0.2, 0.25) is 0 Å². The largest absolute Gasteiger partial charge is 0.465 e. The number of hydrogen-bond acceptors (Lipinski definition) is 4. The lowest BCUT2D eigenvalue weighted by Gasteiger charge is -2.21. The molecule has 1 N–H and O–H groups in total. The number of carbonyl (C=O) groups excluding carboxylic acids is 1. The Labute approximate surface area is 130 Å². The lowest BCUT2D eigenvalue weighted by atomic mass is 9.88. The van der Waals surface area contributed by atoms with Crippen LogP contribution in [0.25, 0.3) is 0 Å². The zero-order valence-electron chi connectivity index (χ0n) is 13.8. The molecule has 0 aliphatic rings. The summed E-state index contributed by atoms with van der Waals surface area (Å²) in [5.74, 6) is 0.358. The predicted molar refractivity (Wildman–Crippen MR) is 84.7 cm³/mol. The van der Waals surface area contributed by atoms with Gasteiger partial charge in [-0.3, -0.25) is 14.2 Å². The Morgan fingerprint density at radius 2 is 1.95 bits per heavy atom. The van der Waals surface area contributed by atoms with E-state index in [2.05, 4.69) is 18.8 Å². The molecule has 0 bridgehead atoms. The number of ether oxygens (including phenoxy) is 1. The molecule has 0 amide bonds. The molecule has 0 aromatic carbocycles. The summed E-state index contributed by atoms with van der Waals surface area (Å²) >= 11 is 0. The zero-order chi connectivity index (χ0) is 16.7. The van der Waals surface area contributed by atoms with Crippen LogP contribution in [0.2, 0.25) is 0 Å². The highest BCUT2D eigenvalue weighted by atomic mass is 16.5. The molecule has 0 saturated heterocycles. The van der Waals surface area contributed by atoms with Crippen molar-refractivity contribution in [3.63, 3.8) is 0 Å². The first-order chi connectivity index (χ1) is 10.3. The van der Waals surface area contributed by atoms with Crippen molar-refractivity contribution in [1.29, 1.82) is 0 Å². The summed E-state index contributed by atoms with van der Waals surface area (Å²) in [6.07, 6.45) is 2.56. The minimum absolute atomic E-state index is 0.108. The van der Waals surface area contributed by atoms with Crippen LogP contribution in [0.15, 0.2) is 21.9 Å². The summed E-state index contributed by atoms with van der Waals surface area (Å²) in [5, 5.41) is 0. The third kappa shape index (κ3) is 5.50. The Morgan fingerprint density at radius 3 is 2.50 bits per heavy atom. The Hall–Kier alpha value is -1.85. The summed E-state index contributed by atoms with van der Waals surface area (Å²) in [5.41, 5.74) is -0.798. The van der Waals surface area contributed by atoms with E-state index in [0.717, 1.165) is 11.0 Å². The molecule has 0 spiro atoms. The zero-order valence-corrected chi connectivity index (χ0v) is 13.8. The molecule has 0 fully saturated rings. The van der Waals surface area contributed by atoms with Gasteiger partial charge < -0.3 is 9.72 Å². The molecule has 1 rings (SSSR count). The number of nitrogens with one attached hydrogen (secondary N) is 1. The fourth-order valence-corrected chi connectivity index (χ4v) is 2.31. The first-order valence-corrected chi connectivity index (χ1v) is 7.78. The molecule has 0 saturated carbocycles. The van der Waals surface area contributed by atoms with E-state index in [9.17, 15) is 14.4 Å². The van der Waals surface area contributed by atoms with Crippen LogP contribution >= 0.6 is 0 Å². The van der Waals surface area contributed by atoms with Gasteiger partial charge in [-0.15, -0.1) is 0 Å². The first-order valence-electron chi connectivity index (χ1n) is 7.78. The van der Waals surface area contributed by atoms with E-state index >= 15 is 0 Å². The van der Waals surface area contributed by atoms with Crippen molar-refractivity contribution in [2.75, 3.05) is 6.61 Å². The van der Waals surface area contributed by atoms with Gasteiger partial charge in [-0.25, -0.2) is 4.79 Å². The van der Waals surface area contributed by atoms with Gasteiger partial charge >= 0.3 is 11.7 Å². The maximum absolute atomic E-state index is 12.1.